The fourth-order valence-corrected chi connectivity index (χ4v) is 2.62. The number of rotatable bonds is 8. The molecule has 6 heteroatoms. The van der Waals surface area contributed by atoms with E-state index in [1.165, 1.54) is 0 Å². The molecule has 0 fully saturated rings. The van der Waals surface area contributed by atoms with Crippen LogP contribution in [0.5, 0.6) is 5.75 Å². The molecular formula is C20H26ClN3O2. The van der Waals surface area contributed by atoms with E-state index in [0.717, 1.165) is 24.5 Å². The van der Waals surface area contributed by atoms with Crippen molar-refractivity contribution in [3.63, 3.8) is 0 Å². The van der Waals surface area contributed by atoms with Gasteiger partial charge in [0, 0.05) is 30.9 Å². The predicted octanol–water partition coefficient (Wildman–Crippen LogP) is 4.06. The molecule has 1 heterocycles. The summed E-state index contributed by atoms with van der Waals surface area (Å²) >= 11 is 5.87. The van der Waals surface area contributed by atoms with Gasteiger partial charge >= 0.3 is 0 Å². The highest BCUT2D eigenvalue weighted by atomic mass is 35.5. The van der Waals surface area contributed by atoms with Crippen LogP contribution in [0.25, 0.3) is 0 Å². The Morgan fingerprint density at radius 3 is 2.35 bits per heavy atom. The molecule has 1 aromatic heterocycles. The lowest BCUT2D eigenvalue weighted by molar-refractivity contribution is -0.134. The fourth-order valence-electron chi connectivity index (χ4n) is 2.49. The highest BCUT2D eigenvalue weighted by Gasteiger charge is 2.29. The van der Waals surface area contributed by atoms with E-state index in [4.69, 9.17) is 16.3 Å². The van der Waals surface area contributed by atoms with E-state index in [9.17, 15) is 4.79 Å². The minimum Gasteiger partial charge on any atom is -0.478 e. The third-order valence-corrected chi connectivity index (χ3v) is 4.34. The summed E-state index contributed by atoms with van der Waals surface area (Å²) in [7, 11) is 0. The number of nitrogens with one attached hydrogen (secondary N) is 1. The maximum Gasteiger partial charge on any atom is 0.263 e. The van der Waals surface area contributed by atoms with Gasteiger partial charge in [0.15, 0.2) is 5.60 Å². The van der Waals surface area contributed by atoms with Crippen molar-refractivity contribution >= 4 is 23.3 Å². The SMILES string of the molecule is CCN(CC)c1ccc(CNC(=O)C(C)(C)Oc2ccc(Cl)cc2)cn1. The zero-order valence-electron chi connectivity index (χ0n) is 15.8. The van der Waals surface area contributed by atoms with Gasteiger partial charge in [-0.05, 0) is 63.6 Å². The molecule has 0 bridgehead atoms. The van der Waals surface area contributed by atoms with Crippen LogP contribution in [0.15, 0.2) is 42.6 Å². The molecule has 2 aromatic rings. The molecule has 1 aromatic carbocycles. The van der Waals surface area contributed by atoms with Crippen LogP contribution >= 0.6 is 11.6 Å². The van der Waals surface area contributed by atoms with Crippen molar-refractivity contribution in [2.45, 2.75) is 39.8 Å². The summed E-state index contributed by atoms with van der Waals surface area (Å²) in [5.41, 5.74) is -0.0564. The Morgan fingerprint density at radius 2 is 1.81 bits per heavy atom. The van der Waals surface area contributed by atoms with Crippen LogP contribution in [-0.2, 0) is 11.3 Å². The molecule has 0 saturated carbocycles. The number of amides is 1. The van der Waals surface area contributed by atoms with Gasteiger partial charge in [0.2, 0.25) is 0 Å². The fraction of sp³-hybridized carbons (Fsp3) is 0.400. The number of ether oxygens (including phenoxy) is 1. The smallest absolute Gasteiger partial charge is 0.263 e. The molecule has 26 heavy (non-hydrogen) atoms. The van der Waals surface area contributed by atoms with Crippen molar-refractivity contribution in [2.75, 3.05) is 18.0 Å². The molecule has 0 unspecified atom stereocenters. The van der Waals surface area contributed by atoms with Crippen molar-refractivity contribution in [3.05, 3.63) is 53.2 Å². The second-order valence-corrected chi connectivity index (χ2v) is 6.88. The standard InChI is InChI=1S/C20H26ClN3O2/c1-5-24(6-2)18-12-7-15(13-22-18)14-23-19(25)20(3,4)26-17-10-8-16(21)9-11-17/h7-13H,5-6,14H2,1-4H3,(H,23,25). The highest BCUT2D eigenvalue weighted by molar-refractivity contribution is 6.30. The first-order valence-electron chi connectivity index (χ1n) is 8.78. The first kappa shape index (κ1) is 20.0. The first-order valence-corrected chi connectivity index (χ1v) is 9.16. The summed E-state index contributed by atoms with van der Waals surface area (Å²) in [6.45, 7) is 9.89. The van der Waals surface area contributed by atoms with Crippen molar-refractivity contribution in [1.82, 2.24) is 10.3 Å². The zero-order valence-corrected chi connectivity index (χ0v) is 16.5. The van der Waals surface area contributed by atoms with E-state index < -0.39 is 5.60 Å². The average Bonchev–Trinajstić information content (AvgIpc) is 2.63. The molecule has 0 aliphatic heterocycles. The number of carbonyl (C=O) groups excluding carboxylic acids is 1. The van der Waals surface area contributed by atoms with E-state index in [2.05, 4.69) is 29.0 Å². The number of aromatic nitrogens is 1. The van der Waals surface area contributed by atoms with Crippen LogP contribution in [-0.4, -0.2) is 29.6 Å². The van der Waals surface area contributed by atoms with Gasteiger partial charge in [-0.1, -0.05) is 17.7 Å². The summed E-state index contributed by atoms with van der Waals surface area (Å²) in [6, 6.07) is 10.9. The third-order valence-electron chi connectivity index (χ3n) is 4.08. The molecule has 1 N–H and O–H groups in total. The van der Waals surface area contributed by atoms with Crippen molar-refractivity contribution in [2.24, 2.45) is 0 Å². The monoisotopic (exact) mass is 375 g/mol. The zero-order chi connectivity index (χ0) is 19.2. The van der Waals surface area contributed by atoms with E-state index in [0.29, 0.717) is 17.3 Å². The Kier molecular flexibility index (Phi) is 6.86. The molecule has 0 saturated heterocycles. The normalized spacial score (nSPS) is 11.1. The van der Waals surface area contributed by atoms with Crippen molar-refractivity contribution in [3.8, 4) is 5.75 Å². The number of pyridine rings is 1. The Labute approximate surface area is 160 Å². The minimum absolute atomic E-state index is 0.194. The summed E-state index contributed by atoms with van der Waals surface area (Å²) in [5, 5.41) is 3.53. The third kappa shape index (κ3) is 5.36. The first-order chi connectivity index (χ1) is 12.4. The number of hydrogen-bond acceptors (Lipinski definition) is 4. The Morgan fingerprint density at radius 1 is 1.15 bits per heavy atom. The van der Waals surface area contributed by atoms with Crippen LogP contribution in [0, 0.1) is 0 Å². The van der Waals surface area contributed by atoms with Gasteiger partial charge in [0.05, 0.1) is 0 Å². The lowest BCUT2D eigenvalue weighted by Crippen LogP contribution is -2.46. The molecule has 0 radical (unpaired) electrons. The van der Waals surface area contributed by atoms with Crippen LogP contribution in [0.3, 0.4) is 0 Å². The second-order valence-electron chi connectivity index (χ2n) is 6.45. The topological polar surface area (TPSA) is 54.5 Å². The van der Waals surface area contributed by atoms with Crippen LogP contribution in [0.4, 0.5) is 5.82 Å². The van der Waals surface area contributed by atoms with Gasteiger partial charge in [0.1, 0.15) is 11.6 Å². The molecule has 0 aliphatic rings. The quantitative estimate of drug-likeness (QED) is 0.756. The van der Waals surface area contributed by atoms with Crippen LogP contribution in [0.2, 0.25) is 5.02 Å². The second kappa shape index (κ2) is 8.90. The number of halogens is 1. The van der Waals surface area contributed by atoms with Crippen LogP contribution in [0.1, 0.15) is 33.3 Å². The number of hydrogen-bond donors (Lipinski definition) is 1. The lowest BCUT2D eigenvalue weighted by Gasteiger charge is -2.25. The predicted molar refractivity (Wildman–Crippen MR) is 106 cm³/mol. The van der Waals surface area contributed by atoms with E-state index >= 15 is 0 Å². The van der Waals surface area contributed by atoms with Gasteiger partial charge < -0.3 is 15.0 Å². The highest BCUT2D eigenvalue weighted by Crippen LogP contribution is 2.21. The Balaban J connectivity index is 1.93. The minimum atomic E-state index is -0.998. The molecule has 140 valence electrons. The van der Waals surface area contributed by atoms with Gasteiger partial charge in [0.25, 0.3) is 5.91 Å². The molecular weight excluding hydrogens is 350 g/mol. The van der Waals surface area contributed by atoms with E-state index in [-0.39, 0.29) is 5.91 Å². The molecule has 2 rings (SSSR count). The van der Waals surface area contributed by atoms with Gasteiger partial charge in [-0.3, -0.25) is 4.79 Å². The summed E-state index contributed by atoms with van der Waals surface area (Å²) in [6.07, 6.45) is 1.79. The summed E-state index contributed by atoms with van der Waals surface area (Å²) in [4.78, 5) is 19.1. The number of benzene rings is 1. The summed E-state index contributed by atoms with van der Waals surface area (Å²) < 4.78 is 5.79. The number of anilines is 1. The van der Waals surface area contributed by atoms with Crippen molar-refractivity contribution < 1.29 is 9.53 Å². The Bertz CT molecular complexity index is 711. The lowest BCUT2D eigenvalue weighted by atomic mass is 10.1. The van der Waals surface area contributed by atoms with E-state index in [1.807, 2.05) is 12.1 Å². The summed E-state index contributed by atoms with van der Waals surface area (Å²) in [5.74, 6) is 1.34. The van der Waals surface area contributed by atoms with Gasteiger partial charge in [-0.15, -0.1) is 0 Å². The van der Waals surface area contributed by atoms with Gasteiger partial charge in [-0.2, -0.15) is 0 Å². The molecule has 0 aliphatic carbocycles. The molecule has 0 atom stereocenters. The average molecular weight is 376 g/mol. The largest absolute Gasteiger partial charge is 0.478 e. The number of carbonyl (C=O) groups is 1. The maximum absolute atomic E-state index is 12.5. The van der Waals surface area contributed by atoms with Crippen LogP contribution < -0.4 is 15.0 Å². The van der Waals surface area contributed by atoms with Gasteiger partial charge in [-0.25, -0.2) is 4.98 Å². The molecule has 1 amide bonds. The maximum atomic E-state index is 12.5. The molecule has 5 nitrogen and oxygen atoms in total. The van der Waals surface area contributed by atoms with Crippen molar-refractivity contribution in [1.29, 1.82) is 0 Å². The molecule has 0 spiro atoms. The van der Waals surface area contributed by atoms with E-state index in [1.54, 1.807) is 44.3 Å². The number of nitrogens with zero attached hydrogens (tertiary/aromatic N) is 2. The Hall–Kier alpha value is -2.27.